The molecule has 1 aliphatic rings. The molecule has 2 aromatic rings. The second-order valence-corrected chi connectivity index (χ2v) is 9.38. The average Bonchev–Trinajstić information content (AvgIpc) is 3.05. The van der Waals surface area contributed by atoms with Crippen LogP contribution in [0.15, 0.2) is 53.4 Å². The van der Waals surface area contributed by atoms with Crippen molar-refractivity contribution >= 4 is 27.5 Å². The van der Waals surface area contributed by atoms with E-state index < -0.39 is 16.1 Å². The molecular formula is C22H26N2O5S. The lowest BCUT2D eigenvalue weighted by Gasteiger charge is -2.22. The largest absolute Gasteiger partial charge is 0.495 e. The molecule has 3 rings (SSSR count). The number of carbonyl (C=O) groups is 2. The molecule has 160 valence electrons. The van der Waals surface area contributed by atoms with Crippen LogP contribution >= 0.6 is 0 Å². The van der Waals surface area contributed by atoms with E-state index in [0.29, 0.717) is 6.42 Å². The molecule has 0 bridgehead atoms. The van der Waals surface area contributed by atoms with Gasteiger partial charge in [-0.05, 0) is 36.1 Å². The molecule has 8 heteroatoms. The van der Waals surface area contributed by atoms with E-state index in [1.165, 1.54) is 25.3 Å². The van der Waals surface area contributed by atoms with Crippen molar-refractivity contribution < 1.29 is 22.7 Å². The van der Waals surface area contributed by atoms with Crippen LogP contribution < -0.4 is 14.4 Å². The van der Waals surface area contributed by atoms with Crippen LogP contribution in [0.1, 0.15) is 44.7 Å². The molecule has 2 amide bonds. The number of benzene rings is 2. The van der Waals surface area contributed by atoms with E-state index in [-0.39, 0.29) is 46.9 Å². The third kappa shape index (κ3) is 4.71. The van der Waals surface area contributed by atoms with Crippen molar-refractivity contribution in [3.05, 3.63) is 54.1 Å². The first-order valence-corrected chi connectivity index (χ1v) is 11.3. The first-order valence-electron chi connectivity index (χ1n) is 9.84. The molecule has 1 fully saturated rings. The van der Waals surface area contributed by atoms with Gasteiger partial charge in [0, 0.05) is 18.9 Å². The molecule has 0 radical (unpaired) electrons. The van der Waals surface area contributed by atoms with Gasteiger partial charge in [0.15, 0.2) is 0 Å². The Morgan fingerprint density at radius 2 is 1.67 bits per heavy atom. The molecule has 30 heavy (non-hydrogen) atoms. The third-order valence-corrected chi connectivity index (χ3v) is 6.43. The van der Waals surface area contributed by atoms with Gasteiger partial charge in [-0.2, -0.15) is 0 Å². The molecule has 1 saturated heterocycles. The summed E-state index contributed by atoms with van der Waals surface area (Å²) in [5, 5.41) is 0. The van der Waals surface area contributed by atoms with Crippen LogP contribution in [0, 0.1) is 5.92 Å². The standard InChI is InChI=1S/C22H26N2O5S/c1-15(2)13-18(16-7-5-4-6-8-16)23-30(27,28)17-9-10-20(29-3)19(14-17)24-21(25)11-12-22(24)26/h4-10,14-15,18,23H,11-13H2,1-3H3/t18-/m1/s1. The number of nitrogens with one attached hydrogen (secondary N) is 1. The Hall–Kier alpha value is -2.71. The van der Waals surface area contributed by atoms with Crippen LogP contribution in [0.5, 0.6) is 5.75 Å². The number of ether oxygens (including phenoxy) is 1. The highest BCUT2D eigenvalue weighted by Gasteiger charge is 2.33. The van der Waals surface area contributed by atoms with Crippen LogP contribution in [0.25, 0.3) is 0 Å². The zero-order valence-electron chi connectivity index (χ0n) is 17.3. The van der Waals surface area contributed by atoms with Crippen molar-refractivity contribution in [2.75, 3.05) is 12.0 Å². The number of anilines is 1. The van der Waals surface area contributed by atoms with Crippen molar-refractivity contribution in [3.8, 4) is 5.75 Å². The number of rotatable bonds is 8. The minimum Gasteiger partial charge on any atom is -0.495 e. The maximum atomic E-state index is 13.2. The van der Waals surface area contributed by atoms with Crippen molar-refractivity contribution in [2.45, 2.75) is 44.0 Å². The normalized spacial score (nSPS) is 15.7. The van der Waals surface area contributed by atoms with Crippen LogP contribution in [-0.2, 0) is 19.6 Å². The van der Waals surface area contributed by atoms with Crippen LogP contribution in [0.3, 0.4) is 0 Å². The van der Waals surface area contributed by atoms with E-state index in [4.69, 9.17) is 4.74 Å². The van der Waals surface area contributed by atoms with Crippen LogP contribution in [0.4, 0.5) is 5.69 Å². The summed E-state index contributed by atoms with van der Waals surface area (Å²) in [7, 11) is -2.51. The summed E-state index contributed by atoms with van der Waals surface area (Å²) in [5.74, 6) is -0.214. The van der Waals surface area contributed by atoms with Gasteiger partial charge in [-0.3, -0.25) is 9.59 Å². The monoisotopic (exact) mass is 430 g/mol. The average molecular weight is 431 g/mol. The smallest absolute Gasteiger partial charge is 0.241 e. The minimum atomic E-state index is -3.92. The number of sulfonamides is 1. The molecule has 1 heterocycles. The van der Waals surface area contributed by atoms with Crippen LogP contribution in [-0.4, -0.2) is 27.3 Å². The van der Waals surface area contributed by atoms with Gasteiger partial charge >= 0.3 is 0 Å². The second kappa shape index (κ2) is 8.97. The highest BCUT2D eigenvalue weighted by atomic mass is 32.2. The SMILES string of the molecule is COc1ccc(S(=O)(=O)N[C@H](CC(C)C)c2ccccc2)cc1N1C(=O)CCC1=O. The summed E-state index contributed by atoms with van der Waals surface area (Å²) < 4.78 is 34.4. The molecule has 0 spiro atoms. The number of hydrogen-bond donors (Lipinski definition) is 1. The maximum absolute atomic E-state index is 13.2. The molecule has 1 atom stereocenters. The molecule has 0 unspecified atom stereocenters. The summed E-state index contributed by atoms with van der Waals surface area (Å²) in [6.07, 6.45) is 0.818. The first-order chi connectivity index (χ1) is 14.2. The van der Waals surface area contributed by atoms with Crippen molar-refractivity contribution in [2.24, 2.45) is 5.92 Å². The highest BCUT2D eigenvalue weighted by Crippen LogP contribution is 2.35. The summed E-state index contributed by atoms with van der Waals surface area (Å²) in [6, 6.07) is 13.2. The minimum absolute atomic E-state index is 0.0320. The Bertz CT molecular complexity index is 1020. The van der Waals surface area contributed by atoms with Crippen molar-refractivity contribution in [1.82, 2.24) is 4.72 Å². The molecule has 1 N–H and O–H groups in total. The predicted octanol–water partition coefficient (Wildman–Crippen LogP) is 3.41. The lowest BCUT2D eigenvalue weighted by Crippen LogP contribution is -2.31. The number of imide groups is 1. The zero-order valence-corrected chi connectivity index (χ0v) is 18.1. The first kappa shape index (κ1) is 22.0. The predicted molar refractivity (Wildman–Crippen MR) is 114 cm³/mol. The summed E-state index contributed by atoms with van der Waals surface area (Å²) in [5.41, 5.74) is 1.02. The van der Waals surface area contributed by atoms with Gasteiger partial charge in [0.25, 0.3) is 0 Å². The van der Waals surface area contributed by atoms with Gasteiger partial charge in [-0.15, -0.1) is 0 Å². The number of methoxy groups -OCH3 is 1. The molecule has 2 aromatic carbocycles. The fraction of sp³-hybridized carbons (Fsp3) is 0.364. The van der Waals surface area contributed by atoms with Crippen LogP contribution in [0.2, 0.25) is 0 Å². The Balaban J connectivity index is 1.98. The number of nitrogens with zero attached hydrogens (tertiary/aromatic N) is 1. The summed E-state index contributed by atoms with van der Waals surface area (Å²) >= 11 is 0. The van der Waals surface area contributed by atoms with E-state index in [2.05, 4.69) is 4.72 Å². The Morgan fingerprint density at radius 3 is 2.23 bits per heavy atom. The van der Waals surface area contributed by atoms with E-state index >= 15 is 0 Å². The Kier molecular flexibility index (Phi) is 6.58. The van der Waals surface area contributed by atoms with E-state index in [1.807, 2.05) is 44.2 Å². The molecule has 7 nitrogen and oxygen atoms in total. The molecule has 0 saturated carbocycles. The van der Waals surface area contributed by atoms with E-state index in [1.54, 1.807) is 0 Å². The Morgan fingerprint density at radius 1 is 1.03 bits per heavy atom. The van der Waals surface area contributed by atoms with Gasteiger partial charge in [-0.25, -0.2) is 18.0 Å². The van der Waals surface area contributed by atoms with E-state index in [9.17, 15) is 18.0 Å². The second-order valence-electron chi connectivity index (χ2n) is 7.67. The van der Waals surface area contributed by atoms with Gasteiger partial charge < -0.3 is 4.74 Å². The van der Waals surface area contributed by atoms with Gasteiger partial charge in [0.1, 0.15) is 5.75 Å². The zero-order chi connectivity index (χ0) is 21.9. The Labute approximate surface area is 177 Å². The van der Waals surface area contributed by atoms with E-state index in [0.717, 1.165) is 10.5 Å². The molecule has 0 aromatic heterocycles. The number of hydrogen-bond acceptors (Lipinski definition) is 5. The maximum Gasteiger partial charge on any atom is 0.241 e. The van der Waals surface area contributed by atoms with Gasteiger partial charge in [0.05, 0.1) is 17.7 Å². The fourth-order valence-corrected chi connectivity index (χ4v) is 4.78. The van der Waals surface area contributed by atoms with Crippen molar-refractivity contribution in [1.29, 1.82) is 0 Å². The van der Waals surface area contributed by atoms with Gasteiger partial charge in [-0.1, -0.05) is 44.2 Å². The number of carbonyl (C=O) groups excluding carboxylic acids is 2. The third-order valence-electron chi connectivity index (χ3n) is 4.96. The molecular weight excluding hydrogens is 404 g/mol. The quantitative estimate of drug-likeness (QED) is 0.648. The summed E-state index contributed by atoms with van der Waals surface area (Å²) in [4.78, 5) is 25.3. The topological polar surface area (TPSA) is 92.8 Å². The summed E-state index contributed by atoms with van der Waals surface area (Å²) in [6.45, 7) is 4.06. The number of amides is 2. The molecule has 0 aliphatic carbocycles. The van der Waals surface area contributed by atoms with Crippen molar-refractivity contribution in [3.63, 3.8) is 0 Å². The van der Waals surface area contributed by atoms with Gasteiger partial charge in [0.2, 0.25) is 21.8 Å². The fourth-order valence-electron chi connectivity index (χ4n) is 3.52. The highest BCUT2D eigenvalue weighted by molar-refractivity contribution is 7.89. The lowest BCUT2D eigenvalue weighted by atomic mass is 9.98. The lowest BCUT2D eigenvalue weighted by molar-refractivity contribution is -0.121. The molecule has 1 aliphatic heterocycles.